The molecule has 0 spiro atoms. The molecule has 0 aliphatic rings. The van der Waals surface area contributed by atoms with Gasteiger partial charge in [0.05, 0.1) is 6.61 Å². The van der Waals surface area contributed by atoms with Gasteiger partial charge in [-0.1, -0.05) is 6.07 Å². The van der Waals surface area contributed by atoms with Gasteiger partial charge in [-0.05, 0) is 13.0 Å². The van der Waals surface area contributed by atoms with E-state index >= 15 is 0 Å². The fourth-order valence-electron chi connectivity index (χ4n) is 1.09. The van der Waals surface area contributed by atoms with Crippen LogP contribution in [0.1, 0.15) is 18.6 Å². The van der Waals surface area contributed by atoms with Crippen LogP contribution in [0.3, 0.4) is 0 Å². The Morgan fingerprint density at radius 2 is 2.38 bits per heavy atom. The second kappa shape index (κ2) is 4.98. The van der Waals surface area contributed by atoms with Gasteiger partial charge in [-0.15, -0.1) is 0 Å². The van der Waals surface area contributed by atoms with E-state index in [1.54, 1.807) is 0 Å². The molecule has 1 N–H and O–H groups in total. The topological polar surface area (TPSA) is 59.4 Å². The van der Waals surface area contributed by atoms with Gasteiger partial charge in [0.25, 0.3) is 0 Å². The summed E-state index contributed by atoms with van der Waals surface area (Å²) < 4.78 is 30.8. The number of hydrogen-bond acceptors (Lipinski definition) is 4. The van der Waals surface area contributed by atoms with Gasteiger partial charge in [0.2, 0.25) is 0 Å². The number of ether oxygens (including phenoxy) is 1. The summed E-state index contributed by atoms with van der Waals surface area (Å²) in [6.07, 6.45) is 0.191. The molecule has 0 aliphatic carbocycles. The van der Waals surface area contributed by atoms with Crippen LogP contribution in [0.5, 0.6) is 0 Å². The van der Waals surface area contributed by atoms with Gasteiger partial charge in [-0.25, -0.2) is 4.79 Å². The van der Waals surface area contributed by atoms with Crippen molar-refractivity contribution in [3.63, 3.8) is 0 Å². The maximum Gasteiger partial charge on any atom is 0.380 e. The van der Waals surface area contributed by atoms with E-state index in [9.17, 15) is 18.7 Å². The minimum absolute atomic E-state index is 0.138. The molecule has 1 atom stereocenters. The Hall–Kier alpha value is -1.56. The maximum absolute atomic E-state index is 13.3. The summed E-state index contributed by atoms with van der Waals surface area (Å²) >= 11 is 0. The SMILES string of the molecule is CCOC(=O)C(F)(F)[C@@H](O)c1cccnc1. The summed E-state index contributed by atoms with van der Waals surface area (Å²) in [5, 5.41) is 9.35. The van der Waals surface area contributed by atoms with Crippen molar-refractivity contribution in [2.45, 2.75) is 19.0 Å². The van der Waals surface area contributed by atoms with Crippen molar-refractivity contribution in [3.05, 3.63) is 30.1 Å². The van der Waals surface area contributed by atoms with E-state index in [1.807, 2.05) is 0 Å². The van der Waals surface area contributed by atoms with Crippen LogP contribution in [0.2, 0.25) is 0 Å². The van der Waals surface area contributed by atoms with Crippen molar-refractivity contribution in [3.8, 4) is 0 Å². The van der Waals surface area contributed by atoms with E-state index < -0.39 is 18.0 Å². The molecular weight excluding hydrogens is 220 g/mol. The number of rotatable bonds is 4. The van der Waals surface area contributed by atoms with Crippen molar-refractivity contribution in [1.29, 1.82) is 0 Å². The molecule has 6 heteroatoms. The van der Waals surface area contributed by atoms with Crippen molar-refractivity contribution in [2.24, 2.45) is 0 Å². The van der Waals surface area contributed by atoms with Crippen LogP contribution < -0.4 is 0 Å². The van der Waals surface area contributed by atoms with Gasteiger partial charge in [-0.3, -0.25) is 4.98 Å². The zero-order chi connectivity index (χ0) is 12.2. The minimum Gasteiger partial charge on any atom is -0.461 e. The molecule has 1 aromatic heterocycles. The Balaban J connectivity index is 2.87. The first-order chi connectivity index (χ1) is 7.50. The number of pyridine rings is 1. The first-order valence-corrected chi connectivity index (χ1v) is 4.63. The second-order valence-electron chi connectivity index (χ2n) is 3.03. The molecule has 0 fully saturated rings. The lowest BCUT2D eigenvalue weighted by molar-refractivity contribution is -0.189. The minimum atomic E-state index is -3.97. The average molecular weight is 231 g/mol. The van der Waals surface area contributed by atoms with Crippen LogP contribution in [-0.2, 0) is 9.53 Å². The molecule has 0 radical (unpaired) electrons. The third-order valence-corrected chi connectivity index (χ3v) is 1.89. The molecule has 0 saturated heterocycles. The third-order valence-electron chi connectivity index (χ3n) is 1.89. The number of carbonyl (C=O) groups is 1. The molecule has 1 rings (SSSR count). The number of aliphatic hydroxyl groups is 1. The summed E-state index contributed by atoms with van der Waals surface area (Å²) in [4.78, 5) is 14.5. The number of halogens is 2. The summed E-state index contributed by atoms with van der Waals surface area (Å²) in [5.74, 6) is -5.72. The first kappa shape index (κ1) is 12.5. The molecule has 16 heavy (non-hydrogen) atoms. The summed E-state index contributed by atoms with van der Waals surface area (Å²) in [6, 6.07) is 2.64. The fraction of sp³-hybridized carbons (Fsp3) is 0.400. The monoisotopic (exact) mass is 231 g/mol. The normalized spacial score (nSPS) is 13.2. The zero-order valence-corrected chi connectivity index (χ0v) is 8.56. The highest BCUT2D eigenvalue weighted by molar-refractivity contribution is 5.78. The van der Waals surface area contributed by atoms with Crippen LogP contribution in [0.25, 0.3) is 0 Å². The lowest BCUT2D eigenvalue weighted by atomic mass is 10.1. The van der Waals surface area contributed by atoms with E-state index in [4.69, 9.17) is 0 Å². The molecule has 0 aromatic carbocycles. The highest BCUT2D eigenvalue weighted by Gasteiger charge is 2.49. The summed E-state index contributed by atoms with van der Waals surface area (Å²) in [6.45, 7) is 1.23. The number of alkyl halides is 2. The molecule has 0 bridgehead atoms. The Morgan fingerprint density at radius 1 is 1.69 bits per heavy atom. The predicted octanol–water partition coefficient (Wildman–Crippen LogP) is 1.31. The van der Waals surface area contributed by atoms with Crippen LogP contribution in [-0.4, -0.2) is 28.6 Å². The molecule has 0 saturated carbocycles. The molecule has 88 valence electrons. The highest BCUT2D eigenvalue weighted by atomic mass is 19.3. The number of aliphatic hydroxyl groups excluding tert-OH is 1. The van der Waals surface area contributed by atoms with Crippen molar-refractivity contribution >= 4 is 5.97 Å². The maximum atomic E-state index is 13.3. The Kier molecular flexibility index (Phi) is 3.89. The lowest BCUT2D eigenvalue weighted by Crippen LogP contribution is -2.37. The van der Waals surface area contributed by atoms with E-state index in [0.29, 0.717) is 0 Å². The summed E-state index contributed by atoms with van der Waals surface area (Å²) in [5.41, 5.74) is -0.138. The van der Waals surface area contributed by atoms with Crippen LogP contribution in [0.4, 0.5) is 8.78 Å². The molecule has 1 heterocycles. The van der Waals surface area contributed by atoms with Crippen LogP contribution in [0.15, 0.2) is 24.5 Å². The van der Waals surface area contributed by atoms with Gasteiger partial charge < -0.3 is 9.84 Å². The van der Waals surface area contributed by atoms with Crippen molar-refractivity contribution in [2.75, 3.05) is 6.61 Å². The smallest absolute Gasteiger partial charge is 0.380 e. The van der Waals surface area contributed by atoms with E-state index in [2.05, 4.69) is 9.72 Å². The van der Waals surface area contributed by atoms with Gasteiger partial charge in [0.1, 0.15) is 0 Å². The first-order valence-electron chi connectivity index (χ1n) is 4.63. The van der Waals surface area contributed by atoms with E-state index in [0.717, 1.165) is 6.20 Å². The van der Waals surface area contributed by atoms with Gasteiger partial charge >= 0.3 is 11.9 Å². The predicted molar refractivity (Wildman–Crippen MR) is 50.8 cm³/mol. The average Bonchev–Trinajstić information content (AvgIpc) is 2.29. The van der Waals surface area contributed by atoms with Crippen molar-refractivity contribution in [1.82, 2.24) is 4.98 Å². The molecule has 0 amide bonds. The number of carbonyl (C=O) groups excluding carboxylic acids is 1. The molecule has 1 aromatic rings. The number of nitrogens with zero attached hydrogens (tertiary/aromatic N) is 1. The van der Waals surface area contributed by atoms with Gasteiger partial charge in [0.15, 0.2) is 6.10 Å². The highest BCUT2D eigenvalue weighted by Crippen LogP contribution is 2.31. The van der Waals surface area contributed by atoms with Gasteiger partial charge in [0, 0.05) is 18.0 Å². The Morgan fingerprint density at radius 3 is 2.88 bits per heavy atom. The van der Waals surface area contributed by atoms with E-state index in [1.165, 1.54) is 25.3 Å². The quantitative estimate of drug-likeness (QED) is 0.794. The number of esters is 1. The molecular formula is C10H11F2NO3. The standard InChI is InChI=1S/C10H11F2NO3/c1-2-16-9(15)10(11,12)8(14)7-4-3-5-13-6-7/h3-6,8,14H,2H2,1H3/t8-/m0/s1. The number of hydrogen-bond donors (Lipinski definition) is 1. The molecule has 0 unspecified atom stereocenters. The largest absolute Gasteiger partial charge is 0.461 e. The van der Waals surface area contributed by atoms with E-state index in [-0.39, 0.29) is 12.2 Å². The Labute approximate surface area is 90.9 Å². The fourth-order valence-corrected chi connectivity index (χ4v) is 1.09. The summed E-state index contributed by atoms with van der Waals surface area (Å²) in [7, 11) is 0. The van der Waals surface area contributed by atoms with Crippen LogP contribution in [0, 0.1) is 0 Å². The lowest BCUT2D eigenvalue weighted by Gasteiger charge is -2.20. The van der Waals surface area contributed by atoms with Crippen molar-refractivity contribution < 1.29 is 23.4 Å². The number of aromatic nitrogens is 1. The van der Waals surface area contributed by atoms with Crippen LogP contribution >= 0.6 is 0 Å². The molecule has 4 nitrogen and oxygen atoms in total. The molecule has 0 aliphatic heterocycles. The van der Waals surface area contributed by atoms with Gasteiger partial charge in [-0.2, -0.15) is 8.78 Å². The Bertz CT molecular complexity index is 356. The second-order valence-corrected chi connectivity index (χ2v) is 3.03. The third kappa shape index (κ3) is 2.52. The zero-order valence-electron chi connectivity index (χ0n) is 8.56.